The maximum atomic E-state index is 14.4. The number of amidine groups is 1. The number of benzene rings is 1. The molecule has 0 aliphatic carbocycles. The standard InChI is InChI=1S/C18H19FN4O2S2/c1-18(5-7-26-16(20)23-18)13-9-11(2-3-14(13)19)8-12(24)10-27-17-21-6-4-15(25)22-17/h2-4,6,9H,5,7-8,10H2,1H3,(H2,20,23)(H,21,22,25)/t18-/m0/s1. The smallest absolute Gasteiger partial charge is 0.251 e. The van der Waals surface area contributed by atoms with Crippen LogP contribution in [0.5, 0.6) is 0 Å². The molecule has 0 spiro atoms. The van der Waals surface area contributed by atoms with Crippen molar-refractivity contribution >= 4 is 34.5 Å². The average Bonchev–Trinajstić information content (AvgIpc) is 2.61. The predicted molar refractivity (Wildman–Crippen MR) is 107 cm³/mol. The highest BCUT2D eigenvalue weighted by Crippen LogP contribution is 2.36. The molecule has 0 saturated carbocycles. The number of aromatic nitrogens is 2. The summed E-state index contributed by atoms with van der Waals surface area (Å²) in [5, 5.41) is 0.845. The van der Waals surface area contributed by atoms with E-state index >= 15 is 0 Å². The third kappa shape index (κ3) is 4.98. The van der Waals surface area contributed by atoms with Gasteiger partial charge < -0.3 is 10.7 Å². The molecule has 3 N–H and O–H groups in total. The van der Waals surface area contributed by atoms with Gasteiger partial charge in [-0.05, 0) is 25.0 Å². The molecule has 1 atom stereocenters. The molecule has 0 amide bonds. The van der Waals surface area contributed by atoms with Crippen LogP contribution in [0, 0.1) is 5.82 Å². The zero-order valence-corrected chi connectivity index (χ0v) is 16.3. The maximum Gasteiger partial charge on any atom is 0.251 e. The van der Waals surface area contributed by atoms with E-state index in [4.69, 9.17) is 5.73 Å². The minimum absolute atomic E-state index is 0.0450. The van der Waals surface area contributed by atoms with Crippen LogP contribution in [0.15, 0.2) is 45.4 Å². The molecule has 1 aliphatic heterocycles. The van der Waals surface area contributed by atoms with Crippen LogP contribution in [0.3, 0.4) is 0 Å². The molecule has 0 fully saturated rings. The first-order chi connectivity index (χ1) is 12.9. The highest BCUT2D eigenvalue weighted by molar-refractivity contribution is 8.13. The SMILES string of the molecule is C[C@@]1(c2cc(CC(=O)CSc3nccc(=O)[nH]3)ccc2F)CCSC(N)=N1. The van der Waals surface area contributed by atoms with E-state index in [1.807, 2.05) is 6.92 Å². The number of nitrogens with one attached hydrogen (secondary N) is 1. The van der Waals surface area contributed by atoms with Gasteiger partial charge in [0.05, 0.1) is 11.3 Å². The van der Waals surface area contributed by atoms with Gasteiger partial charge in [-0.15, -0.1) is 0 Å². The normalized spacial score (nSPS) is 19.6. The highest BCUT2D eigenvalue weighted by atomic mass is 32.2. The number of carbonyl (C=O) groups is 1. The van der Waals surface area contributed by atoms with Gasteiger partial charge in [0, 0.05) is 30.0 Å². The van der Waals surface area contributed by atoms with Gasteiger partial charge in [0.2, 0.25) is 0 Å². The molecule has 6 nitrogen and oxygen atoms in total. The number of rotatable bonds is 6. The molecular weight excluding hydrogens is 387 g/mol. The fourth-order valence-electron chi connectivity index (χ4n) is 2.83. The number of ketones is 1. The fourth-order valence-corrected chi connectivity index (χ4v) is 4.51. The number of halogens is 1. The minimum Gasteiger partial charge on any atom is -0.379 e. The van der Waals surface area contributed by atoms with Crippen molar-refractivity contribution in [1.29, 1.82) is 0 Å². The summed E-state index contributed by atoms with van der Waals surface area (Å²) >= 11 is 2.62. The molecular formula is C18H19FN4O2S2. The number of hydrogen-bond donors (Lipinski definition) is 2. The van der Waals surface area contributed by atoms with Crippen LogP contribution >= 0.6 is 23.5 Å². The van der Waals surface area contributed by atoms with Gasteiger partial charge in [-0.1, -0.05) is 35.7 Å². The van der Waals surface area contributed by atoms with Crippen molar-refractivity contribution in [3.63, 3.8) is 0 Å². The molecule has 142 valence electrons. The van der Waals surface area contributed by atoms with Gasteiger partial charge in [-0.3, -0.25) is 14.6 Å². The summed E-state index contributed by atoms with van der Waals surface area (Å²) in [6.45, 7) is 1.86. The molecule has 0 unspecified atom stereocenters. The monoisotopic (exact) mass is 406 g/mol. The zero-order chi connectivity index (χ0) is 19.4. The second kappa shape index (κ2) is 8.26. The van der Waals surface area contributed by atoms with Crippen LogP contribution in [-0.2, 0) is 16.8 Å². The van der Waals surface area contributed by atoms with Gasteiger partial charge in [0.15, 0.2) is 10.3 Å². The summed E-state index contributed by atoms with van der Waals surface area (Å²) in [6.07, 6.45) is 2.24. The van der Waals surface area contributed by atoms with Gasteiger partial charge >= 0.3 is 0 Å². The second-order valence-corrected chi connectivity index (χ2v) is 8.46. The zero-order valence-electron chi connectivity index (χ0n) is 14.7. The van der Waals surface area contributed by atoms with E-state index in [0.29, 0.717) is 22.3 Å². The lowest BCUT2D eigenvalue weighted by molar-refractivity contribution is -0.116. The summed E-state index contributed by atoms with van der Waals surface area (Å²) < 4.78 is 14.4. The van der Waals surface area contributed by atoms with Crippen molar-refractivity contribution in [3.05, 3.63) is 57.8 Å². The van der Waals surface area contributed by atoms with Crippen molar-refractivity contribution in [2.24, 2.45) is 10.7 Å². The van der Waals surface area contributed by atoms with Crippen molar-refractivity contribution in [2.45, 2.75) is 30.5 Å². The third-order valence-corrected chi connectivity index (χ3v) is 5.97. The lowest BCUT2D eigenvalue weighted by Gasteiger charge is -2.30. The topological polar surface area (TPSA) is 101 Å². The van der Waals surface area contributed by atoms with E-state index in [1.54, 1.807) is 12.1 Å². The Morgan fingerprint density at radius 2 is 2.26 bits per heavy atom. The maximum absolute atomic E-state index is 14.4. The molecule has 1 aromatic heterocycles. The number of H-pyrrole nitrogens is 1. The van der Waals surface area contributed by atoms with Gasteiger partial charge in [0.1, 0.15) is 11.6 Å². The van der Waals surface area contributed by atoms with Crippen LogP contribution in [0.2, 0.25) is 0 Å². The number of nitrogens with zero attached hydrogens (tertiary/aromatic N) is 2. The van der Waals surface area contributed by atoms with Crippen LogP contribution in [0.25, 0.3) is 0 Å². The van der Waals surface area contributed by atoms with Gasteiger partial charge in [-0.2, -0.15) is 0 Å². The second-order valence-electron chi connectivity index (χ2n) is 6.38. The molecule has 1 aliphatic rings. The van der Waals surface area contributed by atoms with Crippen LogP contribution in [0.4, 0.5) is 4.39 Å². The van der Waals surface area contributed by atoms with Gasteiger partial charge in [-0.25, -0.2) is 9.37 Å². The third-order valence-electron chi connectivity index (χ3n) is 4.23. The van der Waals surface area contributed by atoms with Crippen molar-refractivity contribution in [3.8, 4) is 0 Å². The molecule has 3 rings (SSSR count). The fraction of sp³-hybridized carbons (Fsp3) is 0.333. The minimum atomic E-state index is -0.722. The molecule has 9 heteroatoms. The molecule has 0 radical (unpaired) electrons. The summed E-state index contributed by atoms with van der Waals surface area (Å²) in [7, 11) is 0. The lowest BCUT2D eigenvalue weighted by Crippen LogP contribution is -2.29. The Bertz CT molecular complexity index is 947. The first-order valence-corrected chi connectivity index (χ1v) is 10.3. The van der Waals surface area contributed by atoms with Crippen LogP contribution in [-0.4, -0.2) is 32.4 Å². The molecule has 27 heavy (non-hydrogen) atoms. The number of aromatic amines is 1. The van der Waals surface area contributed by atoms with E-state index in [-0.39, 0.29) is 29.3 Å². The Labute approximate surface area is 164 Å². The Morgan fingerprint density at radius 1 is 1.44 bits per heavy atom. The highest BCUT2D eigenvalue weighted by Gasteiger charge is 2.32. The van der Waals surface area contributed by atoms with Crippen molar-refractivity contribution in [2.75, 3.05) is 11.5 Å². The summed E-state index contributed by atoms with van der Waals surface area (Å²) in [6, 6.07) is 6.00. The Kier molecular flexibility index (Phi) is 6.01. The summed E-state index contributed by atoms with van der Waals surface area (Å²) in [5.41, 5.74) is 6.02. The molecule has 1 aromatic carbocycles. The lowest BCUT2D eigenvalue weighted by atomic mass is 9.87. The summed E-state index contributed by atoms with van der Waals surface area (Å²) in [4.78, 5) is 34.5. The first kappa shape index (κ1) is 19.6. The molecule has 2 aromatic rings. The number of carbonyl (C=O) groups excluding carboxylic acids is 1. The van der Waals surface area contributed by atoms with Crippen LogP contribution < -0.4 is 11.3 Å². The number of Topliss-reactive ketones (excluding diaryl/α,β-unsaturated/α-hetero) is 1. The van der Waals surface area contributed by atoms with E-state index in [9.17, 15) is 14.0 Å². The Balaban J connectivity index is 1.71. The van der Waals surface area contributed by atoms with Crippen molar-refractivity contribution < 1.29 is 9.18 Å². The average molecular weight is 407 g/mol. The Hall–Kier alpha value is -2.13. The number of nitrogens with two attached hydrogens (primary N) is 1. The predicted octanol–water partition coefficient (Wildman–Crippen LogP) is 2.48. The number of thioether (sulfide) groups is 2. The number of aliphatic imine (C=N–C) groups is 1. The van der Waals surface area contributed by atoms with Gasteiger partial charge in [0.25, 0.3) is 5.56 Å². The first-order valence-electron chi connectivity index (χ1n) is 8.32. The molecule has 0 bridgehead atoms. The van der Waals surface area contributed by atoms with E-state index < -0.39 is 5.54 Å². The molecule has 2 heterocycles. The quantitative estimate of drug-likeness (QED) is 0.565. The largest absolute Gasteiger partial charge is 0.379 e. The Morgan fingerprint density at radius 3 is 3.00 bits per heavy atom. The number of hydrogen-bond acceptors (Lipinski definition) is 7. The van der Waals surface area contributed by atoms with Crippen molar-refractivity contribution in [1.82, 2.24) is 9.97 Å². The van der Waals surface area contributed by atoms with E-state index in [0.717, 1.165) is 11.3 Å². The summed E-state index contributed by atoms with van der Waals surface area (Å²) in [5.74, 6) is 0.542. The van der Waals surface area contributed by atoms with E-state index in [1.165, 1.54) is 41.9 Å². The van der Waals surface area contributed by atoms with Crippen LogP contribution in [0.1, 0.15) is 24.5 Å². The molecule has 0 saturated heterocycles. The van der Waals surface area contributed by atoms with E-state index in [2.05, 4.69) is 15.0 Å².